The van der Waals surface area contributed by atoms with Gasteiger partial charge >= 0.3 is 0 Å². The van der Waals surface area contributed by atoms with Crippen LogP contribution in [0.4, 0.5) is 11.4 Å². The topological polar surface area (TPSA) is 41.6 Å². The average Bonchev–Trinajstić information content (AvgIpc) is 2.95. The fourth-order valence-corrected chi connectivity index (χ4v) is 2.97. The first-order valence-corrected chi connectivity index (χ1v) is 7.95. The second-order valence-electron chi connectivity index (χ2n) is 5.64. The predicted octanol–water partition coefficient (Wildman–Crippen LogP) is 3.61. The molecule has 120 valence electrons. The summed E-state index contributed by atoms with van der Waals surface area (Å²) in [6.45, 7) is 1.01. The molecule has 0 radical (unpaired) electrons. The number of ether oxygens (including phenoxy) is 1. The number of alkyl halides is 1. The van der Waals surface area contributed by atoms with Gasteiger partial charge in [-0.25, -0.2) is 0 Å². The summed E-state index contributed by atoms with van der Waals surface area (Å²) in [5.41, 5.74) is 4.00. The third-order valence-corrected chi connectivity index (χ3v) is 4.56. The standard InChI is InChI=1S/C18H19ClN2O2/c1-21-10-9-13-11-14(5-8-16(13)21)20-18(22)17(19)12-3-6-15(23-2)7-4-12/h3-8,11,17H,9-10H2,1-2H3,(H,20,22). The van der Waals surface area contributed by atoms with Crippen LogP contribution in [0.25, 0.3) is 0 Å². The number of hydrogen-bond acceptors (Lipinski definition) is 3. The molecule has 4 nitrogen and oxygen atoms in total. The van der Waals surface area contributed by atoms with Crippen molar-refractivity contribution in [2.24, 2.45) is 0 Å². The lowest BCUT2D eigenvalue weighted by atomic mass is 10.1. The molecule has 0 bridgehead atoms. The van der Waals surface area contributed by atoms with Gasteiger partial charge in [0.25, 0.3) is 0 Å². The van der Waals surface area contributed by atoms with E-state index in [0.29, 0.717) is 0 Å². The fourth-order valence-electron chi connectivity index (χ4n) is 2.77. The molecule has 1 aliphatic rings. The molecule has 1 heterocycles. The largest absolute Gasteiger partial charge is 0.497 e. The van der Waals surface area contributed by atoms with Gasteiger partial charge in [-0.3, -0.25) is 4.79 Å². The van der Waals surface area contributed by atoms with Crippen molar-refractivity contribution < 1.29 is 9.53 Å². The summed E-state index contributed by atoms with van der Waals surface area (Å²) < 4.78 is 5.11. The lowest BCUT2D eigenvalue weighted by Gasteiger charge is -2.14. The fraction of sp³-hybridized carbons (Fsp3) is 0.278. The molecule has 3 rings (SSSR count). The lowest BCUT2D eigenvalue weighted by molar-refractivity contribution is -0.116. The summed E-state index contributed by atoms with van der Waals surface area (Å²) in [6, 6.07) is 13.2. The van der Waals surface area contributed by atoms with E-state index in [4.69, 9.17) is 16.3 Å². The monoisotopic (exact) mass is 330 g/mol. The smallest absolute Gasteiger partial charge is 0.246 e. The molecule has 1 atom stereocenters. The molecule has 0 saturated heterocycles. The predicted molar refractivity (Wildman–Crippen MR) is 93.6 cm³/mol. The number of nitrogens with one attached hydrogen (secondary N) is 1. The maximum Gasteiger partial charge on any atom is 0.246 e. The third-order valence-electron chi connectivity index (χ3n) is 4.11. The zero-order chi connectivity index (χ0) is 16.4. The molecule has 0 saturated carbocycles. The second-order valence-corrected chi connectivity index (χ2v) is 6.08. The normalized spacial score (nSPS) is 14.3. The maximum atomic E-state index is 12.3. The first kappa shape index (κ1) is 15.7. The highest BCUT2D eigenvalue weighted by Crippen LogP contribution is 2.30. The Morgan fingerprint density at radius 3 is 2.70 bits per heavy atom. The highest BCUT2D eigenvalue weighted by molar-refractivity contribution is 6.32. The maximum absolute atomic E-state index is 12.3. The Kier molecular flexibility index (Phi) is 4.44. The number of anilines is 2. The van der Waals surface area contributed by atoms with Gasteiger partial charge < -0.3 is 15.0 Å². The number of methoxy groups -OCH3 is 1. The number of halogens is 1. The molecule has 1 amide bonds. The van der Waals surface area contributed by atoms with E-state index in [-0.39, 0.29) is 5.91 Å². The second kappa shape index (κ2) is 6.50. The van der Waals surface area contributed by atoms with Gasteiger partial charge in [0.1, 0.15) is 11.1 Å². The number of likely N-dealkylation sites (N-methyl/N-ethyl adjacent to an activating group) is 1. The van der Waals surface area contributed by atoms with Crippen LogP contribution < -0.4 is 15.0 Å². The Bertz CT molecular complexity index is 715. The summed E-state index contributed by atoms with van der Waals surface area (Å²) in [5, 5.41) is 2.15. The Labute approximate surface area is 141 Å². The van der Waals surface area contributed by atoms with E-state index in [2.05, 4.69) is 17.3 Å². The molecule has 0 aromatic heterocycles. The van der Waals surface area contributed by atoms with Crippen LogP contribution in [0.5, 0.6) is 5.75 Å². The number of hydrogen-bond donors (Lipinski definition) is 1. The van der Waals surface area contributed by atoms with Gasteiger partial charge in [-0.05, 0) is 47.9 Å². The summed E-state index contributed by atoms with van der Waals surface area (Å²) in [7, 11) is 3.67. The van der Waals surface area contributed by atoms with Crippen LogP contribution in [0.15, 0.2) is 42.5 Å². The van der Waals surface area contributed by atoms with Crippen molar-refractivity contribution in [2.45, 2.75) is 11.8 Å². The first-order valence-electron chi connectivity index (χ1n) is 7.51. The summed E-state index contributed by atoms with van der Waals surface area (Å²) in [5.74, 6) is 0.504. The van der Waals surface area contributed by atoms with Gasteiger partial charge in [-0.1, -0.05) is 12.1 Å². The zero-order valence-corrected chi connectivity index (χ0v) is 13.9. The SMILES string of the molecule is COc1ccc(C(Cl)C(=O)Nc2ccc3c(c2)CCN3C)cc1. The van der Waals surface area contributed by atoms with Crippen LogP contribution in [0, 0.1) is 0 Å². The number of carbonyl (C=O) groups excluding carboxylic acids is 1. The van der Waals surface area contributed by atoms with Gasteiger partial charge in [0, 0.05) is 25.0 Å². The van der Waals surface area contributed by atoms with Crippen LogP contribution in [-0.4, -0.2) is 26.6 Å². The molecule has 23 heavy (non-hydrogen) atoms. The minimum absolute atomic E-state index is 0.233. The third kappa shape index (κ3) is 3.27. The van der Waals surface area contributed by atoms with E-state index in [1.165, 1.54) is 11.3 Å². The Morgan fingerprint density at radius 1 is 1.26 bits per heavy atom. The van der Waals surface area contributed by atoms with E-state index < -0.39 is 5.38 Å². The Morgan fingerprint density at radius 2 is 2.00 bits per heavy atom. The van der Waals surface area contributed by atoms with Crippen LogP contribution in [0.1, 0.15) is 16.5 Å². The van der Waals surface area contributed by atoms with E-state index in [9.17, 15) is 4.79 Å². The highest BCUT2D eigenvalue weighted by atomic mass is 35.5. The molecular formula is C18H19ClN2O2. The van der Waals surface area contributed by atoms with Crippen molar-refractivity contribution in [1.29, 1.82) is 0 Å². The van der Waals surface area contributed by atoms with E-state index >= 15 is 0 Å². The Hall–Kier alpha value is -2.20. The van der Waals surface area contributed by atoms with E-state index in [1.807, 2.05) is 18.2 Å². The highest BCUT2D eigenvalue weighted by Gasteiger charge is 2.20. The van der Waals surface area contributed by atoms with Gasteiger partial charge in [0.2, 0.25) is 5.91 Å². The van der Waals surface area contributed by atoms with E-state index in [1.54, 1.807) is 31.4 Å². The molecule has 0 fully saturated rings. The van der Waals surface area contributed by atoms with Crippen LogP contribution in [0.3, 0.4) is 0 Å². The van der Waals surface area contributed by atoms with Crippen molar-refractivity contribution in [3.63, 3.8) is 0 Å². The molecule has 1 N–H and O–H groups in total. The summed E-state index contributed by atoms with van der Waals surface area (Å²) in [6.07, 6.45) is 0.998. The summed E-state index contributed by atoms with van der Waals surface area (Å²) in [4.78, 5) is 14.6. The molecule has 2 aromatic rings. The average molecular weight is 331 g/mol. The first-order chi connectivity index (χ1) is 11.1. The van der Waals surface area contributed by atoms with Crippen molar-refractivity contribution in [2.75, 3.05) is 30.9 Å². The number of benzene rings is 2. The van der Waals surface area contributed by atoms with Crippen molar-refractivity contribution in [1.82, 2.24) is 0 Å². The Balaban J connectivity index is 1.71. The van der Waals surface area contributed by atoms with Gasteiger partial charge in [0.05, 0.1) is 7.11 Å². The van der Waals surface area contributed by atoms with Gasteiger partial charge in [0.15, 0.2) is 0 Å². The lowest BCUT2D eigenvalue weighted by Crippen LogP contribution is -2.17. The quantitative estimate of drug-likeness (QED) is 0.871. The van der Waals surface area contributed by atoms with Crippen molar-refractivity contribution in [3.05, 3.63) is 53.6 Å². The molecule has 2 aromatic carbocycles. The molecule has 1 aliphatic heterocycles. The molecule has 0 aliphatic carbocycles. The molecule has 5 heteroatoms. The summed E-state index contributed by atoms with van der Waals surface area (Å²) >= 11 is 6.28. The van der Waals surface area contributed by atoms with Crippen LogP contribution in [0.2, 0.25) is 0 Å². The number of amides is 1. The van der Waals surface area contributed by atoms with Crippen molar-refractivity contribution >= 4 is 28.9 Å². The number of carbonyl (C=O) groups is 1. The van der Waals surface area contributed by atoms with Crippen LogP contribution >= 0.6 is 11.6 Å². The number of nitrogens with zero attached hydrogens (tertiary/aromatic N) is 1. The van der Waals surface area contributed by atoms with Gasteiger partial charge in [-0.15, -0.1) is 11.6 Å². The minimum Gasteiger partial charge on any atom is -0.497 e. The van der Waals surface area contributed by atoms with Crippen LogP contribution in [-0.2, 0) is 11.2 Å². The number of rotatable bonds is 4. The molecular weight excluding hydrogens is 312 g/mol. The molecule has 1 unspecified atom stereocenters. The zero-order valence-electron chi connectivity index (χ0n) is 13.2. The number of fused-ring (bicyclic) bond motifs is 1. The molecule has 0 spiro atoms. The minimum atomic E-state index is -0.739. The van der Waals surface area contributed by atoms with Crippen molar-refractivity contribution in [3.8, 4) is 5.75 Å². The van der Waals surface area contributed by atoms with Gasteiger partial charge in [-0.2, -0.15) is 0 Å². The van der Waals surface area contributed by atoms with E-state index in [0.717, 1.165) is 30.0 Å².